The third-order valence-electron chi connectivity index (χ3n) is 7.65. The molecule has 0 N–H and O–H groups in total. The Kier molecular flexibility index (Phi) is 3.50. The summed E-state index contributed by atoms with van der Waals surface area (Å²) in [6.07, 6.45) is 5.77. The summed E-state index contributed by atoms with van der Waals surface area (Å²) >= 11 is 0. The molecule has 1 aromatic heterocycles. The number of carbonyl (C=O) groups is 3. The van der Waals surface area contributed by atoms with Crippen molar-refractivity contribution in [3.63, 3.8) is 0 Å². The van der Waals surface area contributed by atoms with Crippen LogP contribution in [0.4, 0.5) is 0 Å². The average molecular weight is 383 g/mol. The summed E-state index contributed by atoms with van der Waals surface area (Å²) in [6, 6.07) is 0. The van der Waals surface area contributed by atoms with Gasteiger partial charge in [-0.15, -0.1) is 10.2 Å². The minimum absolute atomic E-state index is 0.0112. The molecule has 8 heteroatoms. The molecular formula is C20H25N5O3. The number of likely N-dealkylation sites (tertiary alicyclic amines) is 1. The number of imide groups is 1. The summed E-state index contributed by atoms with van der Waals surface area (Å²) in [5, 5.41) is 8.59. The van der Waals surface area contributed by atoms with Gasteiger partial charge >= 0.3 is 0 Å². The van der Waals surface area contributed by atoms with Gasteiger partial charge in [0.25, 0.3) is 0 Å². The lowest BCUT2D eigenvalue weighted by molar-refractivity contribution is -0.141. The molecule has 28 heavy (non-hydrogen) atoms. The second kappa shape index (κ2) is 5.87. The van der Waals surface area contributed by atoms with Crippen molar-refractivity contribution in [2.24, 2.45) is 23.7 Å². The molecule has 2 bridgehead atoms. The van der Waals surface area contributed by atoms with Gasteiger partial charge in [0.2, 0.25) is 17.7 Å². The lowest BCUT2D eigenvalue weighted by atomic mass is 9.81. The molecule has 0 spiro atoms. The van der Waals surface area contributed by atoms with Crippen LogP contribution < -0.4 is 0 Å². The molecule has 1 saturated heterocycles. The average Bonchev–Trinajstić information content (AvgIpc) is 3.05. The predicted octanol–water partition coefficient (Wildman–Crippen LogP) is 0.919. The van der Waals surface area contributed by atoms with Gasteiger partial charge in [-0.3, -0.25) is 19.3 Å². The maximum Gasteiger partial charge on any atom is 0.233 e. The molecule has 3 heterocycles. The Balaban J connectivity index is 1.10. The van der Waals surface area contributed by atoms with E-state index in [1.165, 1.54) is 17.7 Å². The van der Waals surface area contributed by atoms with Crippen LogP contribution in [0.1, 0.15) is 56.1 Å². The highest BCUT2D eigenvalue weighted by Crippen LogP contribution is 2.56. The zero-order valence-corrected chi connectivity index (χ0v) is 15.9. The highest BCUT2D eigenvalue weighted by molar-refractivity contribution is 6.06. The van der Waals surface area contributed by atoms with Crippen LogP contribution in [0.5, 0.6) is 0 Å². The van der Waals surface area contributed by atoms with E-state index in [-0.39, 0.29) is 42.5 Å². The molecule has 0 unspecified atom stereocenters. The van der Waals surface area contributed by atoms with E-state index in [1.807, 2.05) is 0 Å². The second-order valence-electron chi connectivity index (χ2n) is 9.18. The minimum Gasteiger partial charge on any atom is -0.333 e. The van der Waals surface area contributed by atoms with E-state index in [0.29, 0.717) is 30.8 Å². The van der Waals surface area contributed by atoms with Gasteiger partial charge in [-0.2, -0.15) is 0 Å². The largest absolute Gasteiger partial charge is 0.333 e. The fourth-order valence-electron chi connectivity index (χ4n) is 6.09. The number of hydrogen-bond donors (Lipinski definition) is 0. The van der Waals surface area contributed by atoms with Crippen LogP contribution in [0.2, 0.25) is 0 Å². The summed E-state index contributed by atoms with van der Waals surface area (Å²) in [5.41, 5.74) is 0. The zero-order chi connectivity index (χ0) is 19.0. The third-order valence-corrected chi connectivity index (χ3v) is 7.65. The molecule has 1 aromatic rings. The summed E-state index contributed by atoms with van der Waals surface area (Å²) in [5.74, 6) is 2.98. The monoisotopic (exact) mass is 383 g/mol. The first-order valence-corrected chi connectivity index (χ1v) is 10.7. The van der Waals surface area contributed by atoms with Crippen LogP contribution in [-0.4, -0.2) is 55.4 Å². The van der Waals surface area contributed by atoms with E-state index in [1.54, 1.807) is 4.90 Å². The third kappa shape index (κ3) is 2.32. The van der Waals surface area contributed by atoms with E-state index in [0.717, 1.165) is 37.5 Å². The topological polar surface area (TPSA) is 88.4 Å². The lowest BCUT2D eigenvalue weighted by Crippen LogP contribution is -2.41. The normalized spacial score (nSPS) is 33.6. The van der Waals surface area contributed by atoms with Gasteiger partial charge < -0.3 is 9.47 Å². The van der Waals surface area contributed by atoms with Crippen molar-refractivity contribution in [1.29, 1.82) is 0 Å². The van der Waals surface area contributed by atoms with Gasteiger partial charge in [-0.05, 0) is 43.9 Å². The molecule has 0 radical (unpaired) electrons. The van der Waals surface area contributed by atoms with Crippen molar-refractivity contribution < 1.29 is 14.4 Å². The highest BCUT2D eigenvalue weighted by atomic mass is 16.2. The molecule has 4 atom stereocenters. The number of carbonyl (C=O) groups excluding carboxylic acids is 3. The van der Waals surface area contributed by atoms with Gasteiger partial charge in [-0.25, -0.2) is 0 Å². The first kappa shape index (κ1) is 16.7. The number of hydrogen-bond acceptors (Lipinski definition) is 5. The van der Waals surface area contributed by atoms with Crippen molar-refractivity contribution in [2.45, 2.75) is 57.5 Å². The Bertz CT molecular complexity index is 847. The van der Waals surface area contributed by atoms with Crippen molar-refractivity contribution in [3.8, 4) is 0 Å². The Morgan fingerprint density at radius 1 is 0.964 bits per heavy atom. The maximum atomic E-state index is 12.8. The predicted molar refractivity (Wildman–Crippen MR) is 96.6 cm³/mol. The molecule has 2 aliphatic heterocycles. The van der Waals surface area contributed by atoms with E-state index >= 15 is 0 Å². The van der Waals surface area contributed by atoms with Crippen LogP contribution in [0.15, 0.2) is 0 Å². The van der Waals surface area contributed by atoms with Crippen LogP contribution >= 0.6 is 0 Å². The first-order valence-electron chi connectivity index (χ1n) is 10.7. The molecule has 3 saturated carbocycles. The van der Waals surface area contributed by atoms with Gasteiger partial charge in [0, 0.05) is 32.0 Å². The summed E-state index contributed by atoms with van der Waals surface area (Å²) in [7, 11) is 0. The molecule has 4 fully saturated rings. The fourth-order valence-corrected chi connectivity index (χ4v) is 6.09. The molecule has 0 aromatic carbocycles. The van der Waals surface area contributed by atoms with E-state index in [2.05, 4.69) is 14.8 Å². The fraction of sp³-hybridized carbons (Fsp3) is 0.750. The van der Waals surface area contributed by atoms with Crippen LogP contribution in [-0.2, 0) is 27.5 Å². The van der Waals surface area contributed by atoms with Crippen molar-refractivity contribution in [3.05, 3.63) is 11.6 Å². The SMILES string of the molecule is O=C(CCN1C(=O)[C@H]2[C@@H]3CC[C@@H](C3)[C@@H]2C1=O)N1CCn2c(nnc2C2CC2)C1. The Hall–Kier alpha value is -2.25. The highest BCUT2D eigenvalue weighted by Gasteiger charge is 2.60. The van der Waals surface area contributed by atoms with Crippen LogP contribution in [0.3, 0.4) is 0 Å². The molecule has 3 amide bonds. The maximum absolute atomic E-state index is 12.8. The van der Waals surface area contributed by atoms with E-state index in [9.17, 15) is 14.4 Å². The van der Waals surface area contributed by atoms with Gasteiger partial charge in [0.05, 0.1) is 18.4 Å². The number of nitrogens with zero attached hydrogens (tertiary/aromatic N) is 5. The van der Waals surface area contributed by atoms with E-state index < -0.39 is 0 Å². The van der Waals surface area contributed by atoms with E-state index in [4.69, 9.17) is 0 Å². The van der Waals surface area contributed by atoms with Crippen LogP contribution in [0, 0.1) is 23.7 Å². The minimum atomic E-state index is -0.101. The summed E-state index contributed by atoms with van der Waals surface area (Å²) in [6.45, 7) is 2.06. The molecule has 5 aliphatic rings. The number of rotatable bonds is 4. The molecule has 148 valence electrons. The van der Waals surface area contributed by atoms with Gasteiger partial charge in [-0.1, -0.05) is 0 Å². The summed E-state index contributed by atoms with van der Waals surface area (Å²) < 4.78 is 2.16. The smallest absolute Gasteiger partial charge is 0.233 e. The molecule has 8 nitrogen and oxygen atoms in total. The number of amides is 3. The van der Waals surface area contributed by atoms with Crippen molar-refractivity contribution >= 4 is 17.7 Å². The molecule has 3 aliphatic carbocycles. The second-order valence-corrected chi connectivity index (χ2v) is 9.18. The van der Waals surface area contributed by atoms with Gasteiger partial charge in [0.1, 0.15) is 5.82 Å². The standard InChI is InChI=1S/C20H25N5O3/c26-15(23-7-8-24-14(10-23)21-22-18(24)11-1-2-11)5-6-25-19(27)16-12-3-4-13(9-12)17(16)20(25)28/h11-13,16-17H,1-10H2/t12-,13+,16-,17-/m0/s1. The Labute approximate surface area is 163 Å². The van der Waals surface area contributed by atoms with Crippen LogP contribution in [0.25, 0.3) is 0 Å². The number of aromatic nitrogens is 3. The van der Waals surface area contributed by atoms with Crippen molar-refractivity contribution in [1.82, 2.24) is 24.6 Å². The number of fused-ring (bicyclic) bond motifs is 6. The summed E-state index contributed by atoms with van der Waals surface area (Å²) in [4.78, 5) is 41.5. The van der Waals surface area contributed by atoms with Crippen molar-refractivity contribution in [2.75, 3.05) is 13.1 Å². The first-order chi connectivity index (χ1) is 13.6. The quantitative estimate of drug-likeness (QED) is 0.722. The van der Waals surface area contributed by atoms with Gasteiger partial charge in [0.15, 0.2) is 5.82 Å². The Morgan fingerprint density at radius 2 is 1.68 bits per heavy atom. The Morgan fingerprint density at radius 3 is 2.36 bits per heavy atom. The molecular weight excluding hydrogens is 358 g/mol. The zero-order valence-electron chi connectivity index (χ0n) is 15.9. The lowest BCUT2D eigenvalue weighted by Gasteiger charge is -2.28. The molecule has 6 rings (SSSR count).